The molecule has 9 heteroatoms. The summed E-state index contributed by atoms with van der Waals surface area (Å²) in [6.45, 7) is 1.81. The summed E-state index contributed by atoms with van der Waals surface area (Å²) in [4.78, 5) is 17.1. The molecular weight excluding hydrogens is 390 g/mol. The molecule has 0 aliphatic carbocycles. The van der Waals surface area contributed by atoms with Crippen molar-refractivity contribution >= 4 is 40.0 Å². The molecule has 8 nitrogen and oxygen atoms in total. The molecule has 0 fully saturated rings. The van der Waals surface area contributed by atoms with Gasteiger partial charge in [0, 0.05) is 18.0 Å². The van der Waals surface area contributed by atoms with Crippen LogP contribution in [-0.2, 0) is 11.3 Å². The third-order valence-electron chi connectivity index (χ3n) is 4.32. The van der Waals surface area contributed by atoms with E-state index < -0.39 is 11.3 Å². The summed E-state index contributed by atoms with van der Waals surface area (Å²) in [6, 6.07) is 17.6. The highest BCUT2D eigenvalue weighted by Gasteiger charge is 2.19. The molecule has 0 radical (unpaired) electrons. The lowest BCUT2D eigenvalue weighted by atomic mass is 10.2. The number of para-hydroxylation sites is 2. The molecule has 1 atom stereocenters. The van der Waals surface area contributed by atoms with Gasteiger partial charge in [-0.1, -0.05) is 36.4 Å². The van der Waals surface area contributed by atoms with Crippen LogP contribution < -0.4 is 9.62 Å². The Morgan fingerprint density at radius 3 is 2.55 bits per heavy atom. The molecule has 0 saturated carbocycles. The Labute approximate surface area is 169 Å². The number of benzene rings is 2. The van der Waals surface area contributed by atoms with Gasteiger partial charge in [0.2, 0.25) is 0 Å². The van der Waals surface area contributed by atoms with E-state index in [0.29, 0.717) is 11.4 Å². The summed E-state index contributed by atoms with van der Waals surface area (Å²) < 4.78 is 26.5. The van der Waals surface area contributed by atoms with Crippen LogP contribution in [0.15, 0.2) is 73.1 Å². The summed E-state index contributed by atoms with van der Waals surface area (Å²) in [5.41, 5.74) is 2.37. The first kappa shape index (κ1) is 18.8. The van der Waals surface area contributed by atoms with Crippen molar-refractivity contribution < 1.29 is 13.6 Å². The van der Waals surface area contributed by atoms with Gasteiger partial charge in [0.25, 0.3) is 5.91 Å². The molecule has 0 spiro atoms. The highest BCUT2D eigenvalue weighted by atomic mass is 32.2. The maximum Gasteiger partial charge on any atom is 0.261 e. The van der Waals surface area contributed by atoms with Crippen molar-refractivity contribution in [1.29, 1.82) is 0 Å². The molecular formula is C20H16N5O3S-. The molecule has 29 heavy (non-hydrogen) atoms. The van der Waals surface area contributed by atoms with E-state index in [0.717, 1.165) is 9.87 Å². The van der Waals surface area contributed by atoms with Crippen molar-refractivity contribution in [3.8, 4) is 0 Å². The molecule has 2 aromatic heterocycles. The Hall–Kier alpha value is -3.56. The number of hydrogen-bond acceptors (Lipinski definition) is 5. The van der Waals surface area contributed by atoms with Gasteiger partial charge in [0.15, 0.2) is 5.65 Å². The van der Waals surface area contributed by atoms with E-state index in [4.69, 9.17) is 0 Å². The lowest BCUT2D eigenvalue weighted by molar-refractivity contribution is 0.102. The van der Waals surface area contributed by atoms with Crippen molar-refractivity contribution in [3.63, 3.8) is 0 Å². The van der Waals surface area contributed by atoms with Crippen molar-refractivity contribution in [2.75, 3.05) is 9.62 Å². The average molecular weight is 406 g/mol. The van der Waals surface area contributed by atoms with E-state index >= 15 is 0 Å². The predicted octanol–water partition coefficient (Wildman–Crippen LogP) is 3.22. The molecule has 0 bridgehead atoms. The van der Waals surface area contributed by atoms with Crippen molar-refractivity contribution in [1.82, 2.24) is 14.6 Å². The lowest BCUT2D eigenvalue weighted by Gasteiger charge is -2.26. The van der Waals surface area contributed by atoms with Gasteiger partial charge in [-0.15, -0.1) is 0 Å². The quantitative estimate of drug-likeness (QED) is 0.513. The number of rotatable bonds is 5. The maximum atomic E-state index is 12.7. The minimum atomic E-state index is -2.60. The van der Waals surface area contributed by atoms with Gasteiger partial charge in [0.05, 0.1) is 23.2 Å². The van der Waals surface area contributed by atoms with E-state index in [1.54, 1.807) is 30.5 Å². The van der Waals surface area contributed by atoms with Gasteiger partial charge >= 0.3 is 0 Å². The number of aryl methyl sites for hydroxylation is 1. The number of nitrogens with zero attached hydrogens (tertiary/aromatic N) is 4. The second-order valence-electron chi connectivity index (χ2n) is 6.23. The summed E-state index contributed by atoms with van der Waals surface area (Å²) >= 11 is -2.60. The molecule has 2 heterocycles. The minimum Gasteiger partial charge on any atom is -0.755 e. The fourth-order valence-electron chi connectivity index (χ4n) is 2.92. The van der Waals surface area contributed by atoms with E-state index in [1.807, 2.05) is 37.3 Å². The van der Waals surface area contributed by atoms with Gasteiger partial charge < -0.3 is 9.87 Å². The van der Waals surface area contributed by atoms with Crippen LogP contribution in [0.2, 0.25) is 0 Å². The number of aromatic nitrogens is 3. The van der Waals surface area contributed by atoms with Crippen LogP contribution in [0, 0.1) is 6.92 Å². The second kappa shape index (κ2) is 7.82. The van der Waals surface area contributed by atoms with Crippen molar-refractivity contribution in [3.05, 3.63) is 84.2 Å². The Morgan fingerprint density at radius 2 is 1.83 bits per heavy atom. The largest absolute Gasteiger partial charge is 0.755 e. The third-order valence-corrected chi connectivity index (χ3v) is 5.00. The zero-order chi connectivity index (χ0) is 20.4. The Kier molecular flexibility index (Phi) is 5.07. The third kappa shape index (κ3) is 3.73. The first-order chi connectivity index (χ1) is 14.0. The van der Waals surface area contributed by atoms with Gasteiger partial charge in [-0.3, -0.25) is 13.3 Å². The normalized spacial score (nSPS) is 11.9. The minimum absolute atomic E-state index is 0.161. The number of carbonyl (C=O) groups is 1. The standard InChI is InChI=1S/C20H17N5O3S/c1-14-7-5-6-10-17(14)25(29(27)28)18-11-12-24-19(23-18)16(13-21-24)20(26)22-15-8-3-2-4-9-15/h2-13H,1H3,(H,22,26)(H,27,28)/p-1. The molecule has 146 valence electrons. The van der Waals surface area contributed by atoms with E-state index in [2.05, 4.69) is 15.4 Å². The highest BCUT2D eigenvalue weighted by molar-refractivity contribution is 7.81. The fourth-order valence-corrected chi connectivity index (χ4v) is 3.54. The molecule has 1 unspecified atom stereocenters. The molecule has 4 rings (SSSR count). The number of nitrogens with one attached hydrogen (secondary N) is 1. The molecule has 1 N–H and O–H groups in total. The van der Waals surface area contributed by atoms with E-state index in [-0.39, 0.29) is 22.9 Å². The molecule has 0 aliphatic heterocycles. The maximum absolute atomic E-state index is 12.7. The zero-order valence-electron chi connectivity index (χ0n) is 15.4. The summed E-state index contributed by atoms with van der Waals surface area (Å²) in [5.74, 6) is -0.226. The van der Waals surface area contributed by atoms with E-state index in [9.17, 15) is 13.6 Å². The molecule has 0 saturated heterocycles. The number of carbonyl (C=O) groups excluding carboxylic acids is 1. The monoisotopic (exact) mass is 406 g/mol. The predicted molar refractivity (Wildman–Crippen MR) is 110 cm³/mol. The molecule has 1 amide bonds. The van der Waals surface area contributed by atoms with Crippen LogP contribution in [0.1, 0.15) is 15.9 Å². The van der Waals surface area contributed by atoms with Gasteiger partial charge in [0.1, 0.15) is 11.4 Å². The van der Waals surface area contributed by atoms with Crippen LogP contribution in [-0.4, -0.2) is 29.3 Å². The van der Waals surface area contributed by atoms with Gasteiger partial charge in [-0.05, 0) is 30.7 Å². The van der Waals surface area contributed by atoms with Crippen LogP contribution in [0.4, 0.5) is 17.2 Å². The summed E-state index contributed by atoms with van der Waals surface area (Å²) in [6.07, 6.45) is 2.96. The second-order valence-corrected chi connectivity index (χ2v) is 7.03. The number of anilines is 3. The number of fused-ring (bicyclic) bond motifs is 1. The van der Waals surface area contributed by atoms with Gasteiger partial charge in [-0.2, -0.15) is 5.10 Å². The summed E-state index contributed by atoms with van der Waals surface area (Å²) in [7, 11) is 0. The number of hydrogen-bond donors (Lipinski definition) is 1. The van der Waals surface area contributed by atoms with Crippen LogP contribution >= 0.6 is 0 Å². The average Bonchev–Trinajstić information content (AvgIpc) is 3.14. The van der Waals surface area contributed by atoms with Crippen LogP contribution in [0.5, 0.6) is 0 Å². The summed E-state index contributed by atoms with van der Waals surface area (Å²) in [5, 5.41) is 6.92. The van der Waals surface area contributed by atoms with Crippen molar-refractivity contribution in [2.45, 2.75) is 6.92 Å². The first-order valence-electron chi connectivity index (χ1n) is 8.70. The molecule has 0 aliphatic rings. The van der Waals surface area contributed by atoms with Crippen LogP contribution in [0.25, 0.3) is 5.65 Å². The van der Waals surface area contributed by atoms with Crippen LogP contribution in [0.3, 0.4) is 0 Å². The number of amides is 1. The highest BCUT2D eigenvalue weighted by Crippen LogP contribution is 2.28. The van der Waals surface area contributed by atoms with Gasteiger partial charge in [-0.25, -0.2) is 9.50 Å². The smallest absolute Gasteiger partial charge is 0.261 e. The Morgan fingerprint density at radius 1 is 1.10 bits per heavy atom. The first-order valence-corrected chi connectivity index (χ1v) is 9.73. The Bertz CT molecular complexity index is 1210. The molecule has 2 aromatic carbocycles. The zero-order valence-corrected chi connectivity index (χ0v) is 16.2. The fraction of sp³-hybridized carbons (Fsp3) is 0.0500. The van der Waals surface area contributed by atoms with Crippen molar-refractivity contribution in [2.24, 2.45) is 0 Å². The topological polar surface area (TPSA) is 103 Å². The van der Waals surface area contributed by atoms with E-state index in [1.165, 1.54) is 16.8 Å². The Balaban J connectivity index is 1.75. The SMILES string of the molecule is Cc1ccccc1N(c1ccn2ncc(C(=O)Nc3ccccc3)c2n1)S(=O)[O-]. The molecule has 4 aromatic rings. The lowest BCUT2D eigenvalue weighted by Crippen LogP contribution is -2.22.